The minimum absolute atomic E-state index is 0.715. The molecule has 0 atom stereocenters. The van der Waals surface area contributed by atoms with Gasteiger partial charge >= 0.3 is 0 Å². The fraction of sp³-hybridized carbons (Fsp3) is 0.200. The number of pyridine rings is 1. The van der Waals surface area contributed by atoms with Crippen LogP contribution < -0.4 is 4.90 Å². The van der Waals surface area contributed by atoms with Crippen molar-refractivity contribution in [3.05, 3.63) is 52.1 Å². The molecule has 0 spiro atoms. The average Bonchev–Trinajstić information content (AvgIpc) is 2.97. The number of benzene rings is 1. The SMILES string of the molecule is CN(CCc1nccs1)c1ccnc2cc(Cl)ccc12. The number of fused-ring (bicyclic) bond motifs is 1. The zero-order valence-electron chi connectivity index (χ0n) is 11.1. The molecule has 0 amide bonds. The molecule has 2 aromatic heterocycles. The lowest BCUT2D eigenvalue weighted by molar-refractivity contribution is 0.872. The molecule has 0 aliphatic rings. The van der Waals surface area contributed by atoms with Crippen molar-refractivity contribution in [2.24, 2.45) is 0 Å². The highest BCUT2D eigenvalue weighted by atomic mass is 35.5. The third-order valence-corrected chi connectivity index (χ3v) is 4.31. The van der Waals surface area contributed by atoms with Crippen molar-refractivity contribution in [1.82, 2.24) is 9.97 Å². The number of aromatic nitrogens is 2. The van der Waals surface area contributed by atoms with Crippen LogP contribution in [-0.4, -0.2) is 23.6 Å². The van der Waals surface area contributed by atoms with Crippen LogP contribution in [0.3, 0.4) is 0 Å². The molecule has 3 nitrogen and oxygen atoms in total. The molecule has 20 heavy (non-hydrogen) atoms. The normalized spacial score (nSPS) is 10.9. The first kappa shape index (κ1) is 13.3. The Hall–Kier alpha value is -1.65. The molecule has 0 saturated heterocycles. The molecule has 1 aromatic carbocycles. The van der Waals surface area contributed by atoms with Crippen molar-refractivity contribution in [2.75, 3.05) is 18.5 Å². The number of anilines is 1. The maximum Gasteiger partial charge on any atom is 0.0942 e. The predicted molar refractivity (Wildman–Crippen MR) is 85.8 cm³/mol. The monoisotopic (exact) mass is 303 g/mol. The molecule has 5 heteroatoms. The van der Waals surface area contributed by atoms with E-state index in [0.717, 1.165) is 23.9 Å². The van der Waals surface area contributed by atoms with Gasteiger partial charge in [0.05, 0.1) is 10.5 Å². The molecule has 0 bridgehead atoms. The third kappa shape index (κ3) is 2.76. The number of nitrogens with zero attached hydrogens (tertiary/aromatic N) is 3. The number of thiazole rings is 1. The van der Waals surface area contributed by atoms with Crippen LogP contribution in [0.15, 0.2) is 42.0 Å². The number of hydrogen-bond donors (Lipinski definition) is 0. The second kappa shape index (κ2) is 5.77. The van der Waals surface area contributed by atoms with E-state index in [2.05, 4.69) is 21.9 Å². The molecule has 0 aliphatic heterocycles. The van der Waals surface area contributed by atoms with Crippen LogP contribution in [0.5, 0.6) is 0 Å². The number of rotatable bonds is 4. The Bertz CT molecular complexity index is 712. The van der Waals surface area contributed by atoms with Gasteiger partial charge in [-0.3, -0.25) is 4.98 Å². The second-order valence-corrected chi connectivity index (χ2v) is 6.00. The molecule has 0 radical (unpaired) electrons. The van der Waals surface area contributed by atoms with Gasteiger partial charge in [-0.25, -0.2) is 4.98 Å². The van der Waals surface area contributed by atoms with E-state index in [4.69, 9.17) is 11.6 Å². The number of likely N-dealkylation sites (N-methyl/N-ethyl adjacent to an activating group) is 1. The van der Waals surface area contributed by atoms with Gasteiger partial charge < -0.3 is 4.90 Å². The van der Waals surface area contributed by atoms with E-state index in [1.165, 1.54) is 10.7 Å². The molecule has 0 fully saturated rings. The van der Waals surface area contributed by atoms with E-state index in [-0.39, 0.29) is 0 Å². The van der Waals surface area contributed by atoms with E-state index >= 15 is 0 Å². The van der Waals surface area contributed by atoms with E-state index in [1.807, 2.05) is 42.0 Å². The summed E-state index contributed by atoms with van der Waals surface area (Å²) in [4.78, 5) is 10.9. The standard InChI is InChI=1S/C15H14ClN3S/c1-19(8-5-15-18-7-9-20-15)14-4-6-17-13-10-11(16)2-3-12(13)14/h2-4,6-7,9-10H,5,8H2,1H3. The minimum atomic E-state index is 0.715. The fourth-order valence-corrected chi connectivity index (χ4v) is 2.98. The van der Waals surface area contributed by atoms with Crippen molar-refractivity contribution in [1.29, 1.82) is 0 Å². The molecule has 0 aliphatic carbocycles. The van der Waals surface area contributed by atoms with Gasteiger partial charge in [0.1, 0.15) is 0 Å². The van der Waals surface area contributed by atoms with Gasteiger partial charge in [-0.05, 0) is 24.3 Å². The summed E-state index contributed by atoms with van der Waals surface area (Å²) < 4.78 is 0. The molecular formula is C15H14ClN3S. The van der Waals surface area contributed by atoms with Gasteiger partial charge in [0.15, 0.2) is 0 Å². The van der Waals surface area contributed by atoms with Crippen LogP contribution in [0.1, 0.15) is 5.01 Å². The fourth-order valence-electron chi connectivity index (χ4n) is 2.20. The Labute approximate surface area is 126 Å². The molecule has 3 aromatic rings. The maximum absolute atomic E-state index is 6.02. The third-order valence-electron chi connectivity index (χ3n) is 3.24. The highest BCUT2D eigenvalue weighted by Gasteiger charge is 2.08. The zero-order chi connectivity index (χ0) is 13.9. The van der Waals surface area contributed by atoms with E-state index in [0.29, 0.717) is 5.02 Å². The van der Waals surface area contributed by atoms with Crippen LogP contribution >= 0.6 is 22.9 Å². The van der Waals surface area contributed by atoms with Crippen LogP contribution in [0.4, 0.5) is 5.69 Å². The smallest absolute Gasteiger partial charge is 0.0942 e. The molecule has 102 valence electrons. The molecule has 3 rings (SSSR count). The average molecular weight is 304 g/mol. The summed E-state index contributed by atoms with van der Waals surface area (Å²) in [5.41, 5.74) is 2.10. The van der Waals surface area contributed by atoms with Gasteiger partial charge in [-0.15, -0.1) is 11.3 Å². The first-order valence-electron chi connectivity index (χ1n) is 6.38. The van der Waals surface area contributed by atoms with Gasteiger partial charge in [0, 0.05) is 53.9 Å². The summed E-state index contributed by atoms with van der Waals surface area (Å²) in [5.74, 6) is 0. The van der Waals surface area contributed by atoms with Gasteiger partial charge in [0.2, 0.25) is 0 Å². The Kier molecular flexibility index (Phi) is 3.85. The van der Waals surface area contributed by atoms with Gasteiger partial charge in [-0.2, -0.15) is 0 Å². The van der Waals surface area contributed by atoms with Crippen LogP contribution in [0.25, 0.3) is 10.9 Å². The Balaban J connectivity index is 1.85. The summed E-state index contributed by atoms with van der Waals surface area (Å²) in [6.45, 7) is 0.926. The maximum atomic E-state index is 6.02. The Morgan fingerprint density at radius 1 is 1.20 bits per heavy atom. The molecule has 0 saturated carbocycles. The predicted octanol–water partition coefficient (Wildman–Crippen LogP) is 4.02. The molecule has 0 N–H and O–H groups in total. The Morgan fingerprint density at radius 2 is 2.10 bits per heavy atom. The highest BCUT2D eigenvalue weighted by Crippen LogP contribution is 2.26. The second-order valence-electron chi connectivity index (χ2n) is 4.59. The summed E-state index contributed by atoms with van der Waals surface area (Å²) in [7, 11) is 2.09. The summed E-state index contributed by atoms with van der Waals surface area (Å²) in [6, 6.07) is 7.87. The number of halogens is 1. The van der Waals surface area contributed by atoms with Crippen LogP contribution in [-0.2, 0) is 6.42 Å². The van der Waals surface area contributed by atoms with E-state index in [1.54, 1.807) is 11.3 Å². The van der Waals surface area contributed by atoms with E-state index in [9.17, 15) is 0 Å². The largest absolute Gasteiger partial charge is 0.374 e. The lowest BCUT2D eigenvalue weighted by Gasteiger charge is -2.20. The van der Waals surface area contributed by atoms with Crippen molar-refractivity contribution in [3.8, 4) is 0 Å². The first-order chi connectivity index (χ1) is 9.74. The molecule has 2 heterocycles. The van der Waals surface area contributed by atoms with Gasteiger partial charge in [-0.1, -0.05) is 11.6 Å². The van der Waals surface area contributed by atoms with Crippen molar-refractivity contribution < 1.29 is 0 Å². The van der Waals surface area contributed by atoms with Crippen LogP contribution in [0.2, 0.25) is 5.02 Å². The first-order valence-corrected chi connectivity index (χ1v) is 7.63. The summed E-state index contributed by atoms with van der Waals surface area (Å²) in [5, 5.41) is 5.02. The van der Waals surface area contributed by atoms with Crippen molar-refractivity contribution in [3.63, 3.8) is 0 Å². The quantitative estimate of drug-likeness (QED) is 0.729. The van der Waals surface area contributed by atoms with Crippen LogP contribution in [0, 0.1) is 0 Å². The molecule has 0 unspecified atom stereocenters. The van der Waals surface area contributed by atoms with Crippen molar-refractivity contribution in [2.45, 2.75) is 6.42 Å². The van der Waals surface area contributed by atoms with E-state index < -0.39 is 0 Å². The summed E-state index contributed by atoms with van der Waals surface area (Å²) in [6.07, 6.45) is 4.63. The Morgan fingerprint density at radius 3 is 2.90 bits per heavy atom. The van der Waals surface area contributed by atoms with Crippen molar-refractivity contribution >= 4 is 39.5 Å². The highest BCUT2D eigenvalue weighted by molar-refractivity contribution is 7.09. The summed E-state index contributed by atoms with van der Waals surface area (Å²) >= 11 is 7.72. The topological polar surface area (TPSA) is 29.0 Å². The minimum Gasteiger partial charge on any atom is -0.374 e. The zero-order valence-corrected chi connectivity index (χ0v) is 12.7. The van der Waals surface area contributed by atoms with Gasteiger partial charge in [0.25, 0.3) is 0 Å². The lowest BCUT2D eigenvalue weighted by Crippen LogP contribution is -2.20. The lowest BCUT2D eigenvalue weighted by atomic mass is 10.1. The molecular weight excluding hydrogens is 290 g/mol. The number of hydrogen-bond acceptors (Lipinski definition) is 4.